The van der Waals surface area contributed by atoms with Crippen LogP contribution in [0.2, 0.25) is 0 Å². The van der Waals surface area contributed by atoms with Crippen molar-refractivity contribution in [1.29, 1.82) is 0 Å². The molecule has 0 atom stereocenters. The number of para-hydroxylation sites is 1. The molecule has 2 amide bonds. The van der Waals surface area contributed by atoms with E-state index in [1.165, 1.54) is 17.6 Å². The fraction of sp³-hybridized carbons (Fsp3) is 0.111. The Morgan fingerprint density at radius 1 is 1.00 bits per heavy atom. The van der Waals surface area contributed by atoms with E-state index in [4.69, 9.17) is 0 Å². The van der Waals surface area contributed by atoms with Crippen LogP contribution in [-0.2, 0) is 11.8 Å². The number of carbonyl (C=O) groups excluding carboxylic acids is 2. The van der Waals surface area contributed by atoms with Gasteiger partial charge in [-0.05, 0) is 36.4 Å². The van der Waals surface area contributed by atoms with Gasteiger partial charge in [-0.1, -0.05) is 12.1 Å². The first-order valence-corrected chi connectivity index (χ1v) is 7.38. The molecule has 2 aromatic carbocycles. The molecule has 0 radical (unpaired) electrons. The average Bonchev–Trinajstić information content (AvgIpc) is 2.87. The summed E-state index contributed by atoms with van der Waals surface area (Å²) in [5, 5.41) is 6.09. The molecule has 0 saturated heterocycles. The number of hydrogen-bond donors (Lipinski definition) is 2. The van der Waals surface area contributed by atoms with Crippen LogP contribution in [0.15, 0.2) is 48.5 Å². The SMILES string of the molecule is CC(=O)Nc1ccc(NC(=O)c2cc3cccc(F)c3n2C)cc1. The van der Waals surface area contributed by atoms with Crippen molar-refractivity contribution >= 4 is 34.1 Å². The van der Waals surface area contributed by atoms with E-state index in [0.29, 0.717) is 28.0 Å². The van der Waals surface area contributed by atoms with Gasteiger partial charge in [0.25, 0.3) is 5.91 Å². The summed E-state index contributed by atoms with van der Waals surface area (Å²) in [5.74, 6) is -0.863. The minimum Gasteiger partial charge on any atom is -0.337 e. The molecule has 0 spiro atoms. The summed E-state index contributed by atoms with van der Waals surface area (Å²) in [6.07, 6.45) is 0. The monoisotopic (exact) mass is 325 g/mol. The predicted octanol–water partition coefficient (Wildman–Crippen LogP) is 3.53. The molecule has 24 heavy (non-hydrogen) atoms. The number of amides is 2. The molecule has 0 aliphatic heterocycles. The molecule has 0 aliphatic rings. The molecule has 0 aliphatic carbocycles. The van der Waals surface area contributed by atoms with Crippen molar-refractivity contribution in [2.45, 2.75) is 6.92 Å². The maximum Gasteiger partial charge on any atom is 0.272 e. The maximum atomic E-state index is 13.9. The fourth-order valence-electron chi connectivity index (χ4n) is 2.62. The van der Waals surface area contributed by atoms with Crippen molar-refractivity contribution in [2.24, 2.45) is 7.05 Å². The van der Waals surface area contributed by atoms with Gasteiger partial charge in [-0.15, -0.1) is 0 Å². The molecule has 3 aromatic rings. The van der Waals surface area contributed by atoms with Gasteiger partial charge >= 0.3 is 0 Å². The Kier molecular flexibility index (Phi) is 4.04. The Morgan fingerprint density at radius 2 is 1.62 bits per heavy atom. The largest absolute Gasteiger partial charge is 0.337 e. The summed E-state index contributed by atoms with van der Waals surface area (Å²) < 4.78 is 15.4. The number of aryl methyl sites for hydroxylation is 1. The molecule has 2 N–H and O–H groups in total. The Bertz CT molecular complexity index is 929. The van der Waals surface area contributed by atoms with Gasteiger partial charge in [-0.3, -0.25) is 9.59 Å². The summed E-state index contributed by atoms with van der Waals surface area (Å²) in [6.45, 7) is 1.43. The van der Waals surface area contributed by atoms with E-state index >= 15 is 0 Å². The summed E-state index contributed by atoms with van der Waals surface area (Å²) in [4.78, 5) is 23.5. The topological polar surface area (TPSA) is 63.1 Å². The average molecular weight is 325 g/mol. The second kappa shape index (κ2) is 6.16. The van der Waals surface area contributed by atoms with Crippen LogP contribution in [0, 0.1) is 5.82 Å². The van der Waals surface area contributed by atoms with Gasteiger partial charge in [0.2, 0.25) is 5.91 Å². The van der Waals surface area contributed by atoms with Crippen molar-refractivity contribution in [3.05, 3.63) is 60.0 Å². The third kappa shape index (κ3) is 2.99. The molecule has 0 bridgehead atoms. The second-order valence-corrected chi connectivity index (χ2v) is 5.48. The standard InChI is InChI=1S/C18H16FN3O2/c1-11(23)20-13-6-8-14(9-7-13)21-18(24)16-10-12-4-3-5-15(19)17(12)22(16)2/h3-10H,1-2H3,(H,20,23)(H,21,24). The highest BCUT2D eigenvalue weighted by atomic mass is 19.1. The zero-order chi connectivity index (χ0) is 17.3. The lowest BCUT2D eigenvalue weighted by molar-refractivity contribution is -0.114. The minimum atomic E-state index is -0.367. The lowest BCUT2D eigenvalue weighted by Crippen LogP contribution is -2.15. The van der Waals surface area contributed by atoms with Crippen LogP contribution in [0.3, 0.4) is 0 Å². The summed E-state index contributed by atoms with van der Waals surface area (Å²) in [6, 6.07) is 13.1. The Morgan fingerprint density at radius 3 is 2.21 bits per heavy atom. The molecular weight excluding hydrogens is 309 g/mol. The van der Waals surface area contributed by atoms with Gasteiger partial charge < -0.3 is 15.2 Å². The van der Waals surface area contributed by atoms with Crippen LogP contribution < -0.4 is 10.6 Å². The van der Waals surface area contributed by atoms with Crippen LogP contribution in [0.4, 0.5) is 15.8 Å². The number of hydrogen-bond acceptors (Lipinski definition) is 2. The second-order valence-electron chi connectivity index (χ2n) is 5.48. The summed E-state index contributed by atoms with van der Waals surface area (Å²) >= 11 is 0. The van der Waals surface area contributed by atoms with Gasteiger partial charge in [0, 0.05) is 30.7 Å². The molecule has 1 aromatic heterocycles. The van der Waals surface area contributed by atoms with Crippen LogP contribution in [0.1, 0.15) is 17.4 Å². The minimum absolute atomic E-state index is 0.163. The number of fused-ring (bicyclic) bond motifs is 1. The Balaban J connectivity index is 1.84. The number of aromatic nitrogens is 1. The number of rotatable bonds is 3. The Hall–Kier alpha value is -3.15. The molecule has 0 fully saturated rings. The summed E-state index contributed by atoms with van der Waals surface area (Å²) in [7, 11) is 1.65. The zero-order valence-corrected chi connectivity index (χ0v) is 13.3. The molecule has 6 heteroatoms. The fourth-order valence-corrected chi connectivity index (χ4v) is 2.62. The maximum absolute atomic E-state index is 13.9. The van der Waals surface area contributed by atoms with Gasteiger partial charge in [-0.25, -0.2) is 4.39 Å². The molecular formula is C18H16FN3O2. The summed E-state index contributed by atoms with van der Waals surface area (Å²) in [5.41, 5.74) is 1.98. The van der Waals surface area contributed by atoms with Gasteiger partial charge in [0.1, 0.15) is 11.5 Å². The molecule has 122 valence electrons. The zero-order valence-electron chi connectivity index (χ0n) is 13.3. The number of nitrogens with zero attached hydrogens (tertiary/aromatic N) is 1. The van der Waals surface area contributed by atoms with Gasteiger partial charge in [0.05, 0.1) is 5.52 Å². The first kappa shape index (κ1) is 15.7. The van der Waals surface area contributed by atoms with Gasteiger partial charge in [-0.2, -0.15) is 0 Å². The predicted molar refractivity (Wildman–Crippen MR) is 91.6 cm³/mol. The van der Waals surface area contributed by atoms with E-state index in [-0.39, 0.29) is 17.6 Å². The number of nitrogens with one attached hydrogen (secondary N) is 2. The van der Waals surface area contributed by atoms with E-state index in [9.17, 15) is 14.0 Å². The third-order valence-electron chi connectivity index (χ3n) is 3.70. The van der Waals surface area contributed by atoms with Crippen molar-refractivity contribution in [2.75, 3.05) is 10.6 Å². The number of benzene rings is 2. The van der Waals surface area contributed by atoms with E-state index in [0.717, 1.165) is 0 Å². The molecule has 3 rings (SSSR count). The van der Waals surface area contributed by atoms with Crippen molar-refractivity contribution in [3.63, 3.8) is 0 Å². The molecule has 0 saturated carbocycles. The lowest BCUT2D eigenvalue weighted by atomic mass is 10.2. The smallest absolute Gasteiger partial charge is 0.272 e. The van der Waals surface area contributed by atoms with Gasteiger partial charge in [0.15, 0.2) is 0 Å². The quantitative estimate of drug-likeness (QED) is 0.774. The normalized spacial score (nSPS) is 10.6. The van der Waals surface area contributed by atoms with E-state index in [1.807, 2.05) is 0 Å². The number of halogens is 1. The van der Waals surface area contributed by atoms with Crippen LogP contribution >= 0.6 is 0 Å². The van der Waals surface area contributed by atoms with Crippen molar-refractivity contribution < 1.29 is 14.0 Å². The molecule has 5 nitrogen and oxygen atoms in total. The lowest BCUT2D eigenvalue weighted by Gasteiger charge is -2.08. The van der Waals surface area contributed by atoms with E-state index < -0.39 is 0 Å². The third-order valence-corrected chi connectivity index (χ3v) is 3.70. The van der Waals surface area contributed by atoms with Crippen LogP contribution in [-0.4, -0.2) is 16.4 Å². The molecule has 1 heterocycles. The first-order valence-electron chi connectivity index (χ1n) is 7.38. The van der Waals surface area contributed by atoms with E-state index in [2.05, 4.69) is 10.6 Å². The van der Waals surface area contributed by atoms with Crippen molar-refractivity contribution in [1.82, 2.24) is 4.57 Å². The van der Waals surface area contributed by atoms with Crippen LogP contribution in [0.5, 0.6) is 0 Å². The highest BCUT2D eigenvalue weighted by Gasteiger charge is 2.15. The number of carbonyl (C=O) groups is 2. The van der Waals surface area contributed by atoms with E-state index in [1.54, 1.807) is 49.5 Å². The first-order chi connectivity index (χ1) is 11.5. The highest BCUT2D eigenvalue weighted by molar-refractivity contribution is 6.06. The van der Waals surface area contributed by atoms with Crippen LogP contribution in [0.25, 0.3) is 10.9 Å². The highest BCUT2D eigenvalue weighted by Crippen LogP contribution is 2.22. The number of anilines is 2. The van der Waals surface area contributed by atoms with Crippen molar-refractivity contribution in [3.8, 4) is 0 Å². The Labute approximate surface area is 138 Å². The molecule has 0 unspecified atom stereocenters.